The van der Waals surface area contributed by atoms with Gasteiger partial charge in [0.1, 0.15) is 0 Å². The van der Waals surface area contributed by atoms with E-state index in [0.29, 0.717) is 20.6 Å². The number of ketones is 1. The van der Waals surface area contributed by atoms with Crippen LogP contribution in [0.5, 0.6) is 0 Å². The van der Waals surface area contributed by atoms with Crippen LogP contribution < -0.4 is 0 Å². The monoisotopic (exact) mass is 300 g/mol. The largest absolute Gasteiger partial charge is 0.293 e. The fourth-order valence-corrected chi connectivity index (χ4v) is 1.76. The smallest absolute Gasteiger partial charge is 0.174 e. The van der Waals surface area contributed by atoms with E-state index in [2.05, 4.69) is 15.9 Å². The Bertz CT molecular complexity index is 351. The minimum atomic E-state index is -0.122. The number of hydrogen-bond acceptors (Lipinski definition) is 1. The van der Waals surface area contributed by atoms with E-state index >= 15 is 0 Å². The molecule has 0 aliphatic rings. The van der Waals surface area contributed by atoms with E-state index in [1.165, 1.54) is 12.1 Å². The van der Waals surface area contributed by atoms with Crippen molar-refractivity contribution in [2.75, 3.05) is 5.33 Å². The number of alkyl halides is 1. The molecule has 1 rings (SSSR count). The number of carbonyl (C=O) groups excluding carboxylic acids is 1. The molecule has 0 amide bonds. The Hall–Kier alpha value is 0.240. The molecule has 0 heterocycles. The molecule has 0 aliphatic heterocycles. The highest BCUT2D eigenvalue weighted by Crippen LogP contribution is 2.29. The number of halogens is 4. The fourth-order valence-electron chi connectivity index (χ4n) is 0.808. The number of benzene rings is 1. The van der Waals surface area contributed by atoms with Gasteiger partial charge in [-0.1, -0.05) is 50.7 Å². The maximum atomic E-state index is 11.3. The number of carbonyl (C=O) groups is 1. The average molecular weight is 302 g/mol. The van der Waals surface area contributed by atoms with Gasteiger partial charge >= 0.3 is 0 Å². The van der Waals surface area contributed by atoms with Crippen molar-refractivity contribution >= 4 is 56.5 Å². The zero-order valence-electron chi connectivity index (χ0n) is 6.28. The van der Waals surface area contributed by atoms with Crippen molar-refractivity contribution in [1.29, 1.82) is 0 Å². The Morgan fingerprint density at radius 3 is 2.23 bits per heavy atom. The molecule has 1 nitrogen and oxygen atoms in total. The number of hydrogen-bond donors (Lipinski definition) is 0. The van der Waals surface area contributed by atoms with Crippen molar-refractivity contribution in [3.8, 4) is 0 Å². The lowest BCUT2D eigenvalue weighted by atomic mass is 10.1. The topological polar surface area (TPSA) is 17.1 Å². The maximum absolute atomic E-state index is 11.3. The number of Topliss-reactive ketones (excluding diaryl/α,β-unsaturated/α-hetero) is 1. The molecule has 0 saturated carbocycles. The van der Waals surface area contributed by atoms with Crippen LogP contribution in [0.4, 0.5) is 0 Å². The molecule has 1 aromatic rings. The molecule has 0 radical (unpaired) electrons. The van der Waals surface area contributed by atoms with Gasteiger partial charge in [0.05, 0.1) is 20.4 Å². The second-order valence-corrected chi connectivity index (χ2v) is 4.09. The van der Waals surface area contributed by atoms with E-state index in [-0.39, 0.29) is 11.1 Å². The van der Waals surface area contributed by atoms with E-state index < -0.39 is 0 Å². The molecule has 0 aliphatic carbocycles. The molecule has 0 bridgehead atoms. The summed E-state index contributed by atoms with van der Waals surface area (Å²) in [5, 5.41) is 1.21. The lowest BCUT2D eigenvalue weighted by molar-refractivity contribution is 0.102. The first-order chi connectivity index (χ1) is 6.06. The zero-order chi connectivity index (χ0) is 10.0. The van der Waals surface area contributed by atoms with Crippen molar-refractivity contribution in [1.82, 2.24) is 0 Å². The molecule has 0 fully saturated rings. The summed E-state index contributed by atoms with van der Waals surface area (Å²) in [4.78, 5) is 11.3. The minimum Gasteiger partial charge on any atom is -0.293 e. The van der Waals surface area contributed by atoms with Gasteiger partial charge in [0.15, 0.2) is 5.78 Å². The lowest BCUT2D eigenvalue weighted by Crippen LogP contribution is -2.00. The van der Waals surface area contributed by atoms with Crippen LogP contribution in [0.1, 0.15) is 10.4 Å². The molecule has 0 saturated heterocycles. The van der Waals surface area contributed by atoms with Crippen molar-refractivity contribution in [2.45, 2.75) is 0 Å². The summed E-state index contributed by atoms with van der Waals surface area (Å²) in [5.74, 6) is -0.122. The Morgan fingerprint density at radius 2 is 1.69 bits per heavy atom. The van der Waals surface area contributed by atoms with Crippen LogP contribution in [0.25, 0.3) is 0 Å². The average Bonchev–Trinajstić information content (AvgIpc) is 2.10. The molecule has 0 N–H and O–H groups in total. The van der Waals surface area contributed by atoms with Gasteiger partial charge in [-0.25, -0.2) is 0 Å². The Kier molecular flexibility index (Phi) is 4.05. The van der Waals surface area contributed by atoms with Gasteiger partial charge in [-0.05, 0) is 12.1 Å². The second-order valence-electron chi connectivity index (χ2n) is 2.30. The van der Waals surface area contributed by atoms with Gasteiger partial charge in [0, 0.05) is 5.56 Å². The standard InChI is InChI=1S/C8H4BrCl3O/c9-3-8(13)4-1-6(11)7(12)2-5(4)10/h1-2H,3H2. The van der Waals surface area contributed by atoms with Crippen LogP contribution in [0.2, 0.25) is 15.1 Å². The molecule has 0 atom stereocenters. The molecule has 13 heavy (non-hydrogen) atoms. The molecule has 5 heteroatoms. The quantitative estimate of drug-likeness (QED) is 0.454. The highest BCUT2D eigenvalue weighted by atomic mass is 79.9. The van der Waals surface area contributed by atoms with Crippen LogP contribution in [-0.2, 0) is 0 Å². The summed E-state index contributed by atoms with van der Waals surface area (Å²) in [7, 11) is 0. The van der Waals surface area contributed by atoms with Crippen LogP contribution in [0.15, 0.2) is 12.1 Å². The summed E-state index contributed by atoms with van der Waals surface area (Å²) in [6.45, 7) is 0. The van der Waals surface area contributed by atoms with Gasteiger partial charge in [0.25, 0.3) is 0 Å². The van der Waals surface area contributed by atoms with Crippen molar-refractivity contribution in [3.63, 3.8) is 0 Å². The van der Waals surface area contributed by atoms with Gasteiger partial charge < -0.3 is 0 Å². The van der Waals surface area contributed by atoms with Crippen molar-refractivity contribution in [2.24, 2.45) is 0 Å². The molecule has 0 unspecified atom stereocenters. The van der Waals surface area contributed by atoms with Crippen LogP contribution in [-0.4, -0.2) is 11.1 Å². The summed E-state index contributed by atoms with van der Waals surface area (Å²) in [6, 6.07) is 2.93. The van der Waals surface area contributed by atoms with E-state index in [9.17, 15) is 4.79 Å². The molecular weight excluding hydrogens is 298 g/mol. The summed E-state index contributed by atoms with van der Waals surface area (Å²) in [6.07, 6.45) is 0. The molecule has 1 aromatic carbocycles. The van der Waals surface area contributed by atoms with E-state index in [4.69, 9.17) is 34.8 Å². The summed E-state index contributed by atoms with van der Waals surface area (Å²) in [5.41, 5.74) is 0.382. The zero-order valence-corrected chi connectivity index (χ0v) is 10.1. The lowest BCUT2D eigenvalue weighted by Gasteiger charge is -2.02. The third-order valence-corrected chi connectivity index (χ3v) is 2.98. The van der Waals surface area contributed by atoms with E-state index in [1.807, 2.05) is 0 Å². The van der Waals surface area contributed by atoms with Gasteiger partial charge in [-0.2, -0.15) is 0 Å². The Balaban J connectivity index is 3.23. The molecule has 70 valence electrons. The maximum Gasteiger partial charge on any atom is 0.174 e. The first-order valence-electron chi connectivity index (χ1n) is 3.30. The van der Waals surface area contributed by atoms with E-state index in [1.54, 1.807) is 0 Å². The second kappa shape index (κ2) is 4.65. The molecular formula is C8H4BrCl3O. The van der Waals surface area contributed by atoms with Crippen molar-refractivity contribution in [3.05, 3.63) is 32.8 Å². The summed E-state index contributed by atoms with van der Waals surface area (Å²) < 4.78 is 0. The molecule has 0 spiro atoms. The van der Waals surface area contributed by atoms with Gasteiger partial charge in [-0.15, -0.1) is 0 Å². The first-order valence-corrected chi connectivity index (χ1v) is 5.55. The van der Waals surface area contributed by atoms with E-state index in [0.717, 1.165) is 0 Å². The first kappa shape index (κ1) is 11.3. The van der Waals surface area contributed by atoms with Crippen LogP contribution in [0.3, 0.4) is 0 Å². The normalized spacial score (nSPS) is 10.2. The van der Waals surface area contributed by atoms with Crippen molar-refractivity contribution < 1.29 is 4.79 Å². The van der Waals surface area contributed by atoms with Gasteiger partial charge in [-0.3, -0.25) is 4.79 Å². The SMILES string of the molecule is O=C(CBr)c1cc(Cl)c(Cl)cc1Cl. The highest BCUT2D eigenvalue weighted by molar-refractivity contribution is 9.09. The van der Waals surface area contributed by atoms with Crippen LogP contribution in [0, 0.1) is 0 Å². The van der Waals surface area contributed by atoms with Crippen LogP contribution >= 0.6 is 50.7 Å². The third-order valence-electron chi connectivity index (χ3n) is 1.43. The predicted octanol–water partition coefficient (Wildman–Crippen LogP) is 4.22. The van der Waals surface area contributed by atoms with Gasteiger partial charge in [0.2, 0.25) is 0 Å². The predicted molar refractivity (Wildman–Crippen MR) is 59.6 cm³/mol. The summed E-state index contributed by atoms with van der Waals surface area (Å²) >= 11 is 20.3. The third kappa shape index (κ3) is 2.59. The molecule has 0 aromatic heterocycles. The number of rotatable bonds is 2. The highest BCUT2D eigenvalue weighted by Gasteiger charge is 2.11. The fraction of sp³-hybridized carbons (Fsp3) is 0.125. The Labute approximate surface area is 99.1 Å². The Morgan fingerprint density at radius 1 is 1.15 bits per heavy atom. The minimum absolute atomic E-state index is 0.122.